The van der Waals surface area contributed by atoms with Crippen LogP contribution in [0.5, 0.6) is 11.5 Å². The van der Waals surface area contributed by atoms with Gasteiger partial charge >= 0.3 is 0 Å². The van der Waals surface area contributed by atoms with Crippen LogP contribution in [-0.4, -0.2) is 19.3 Å². The molecule has 92 valence electrons. The Morgan fingerprint density at radius 2 is 2.18 bits per heavy atom. The third-order valence-corrected chi connectivity index (χ3v) is 2.22. The molecule has 5 heteroatoms. The summed E-state index contributed by atoms with van der Waals surface area (Å²) in [6.45, 7) is 4.69. The Bertz CT molecular complexity index is 417. The van der Waals surface area contributed by atoms with Crippen LogP contribution in [0.3, 0.4) is 0 Å². The second-order valence-corrected chi connectivity index (χ2v) is 4.20. The van der Waals surface area contributed by atoms with Gasteiger partial charge in [-0.05, 0) is 24.1 Å². The Labute approximate surface area is 99.6 Å². The smallest absolute Gasteiger partial charge is 0.274 e. The molecular formula is C12H15NO4. The van der Waals surface area contributed by atoms with Crippen LogP contribution in [0.25, 0.3) is 0 Å². The number of fused-ring (bicyclic) bond motifs is 1. The minimum absolute atomic E-state index is 0.199. The standard InChI is InChI=1S/C12H15NO4/c1-8(2)6-17-13-12(14)9-3-4-10-11(5-9)16-7-15-10/h3-5,8H,6-7H2,1-2H3,(H,13,14). The molecule has 0 spiro atoms. The lowest BCUT2D eigenvalue weighted by Gasteiger charge is -2.08. The maximum absolute atomic E-state index is 11.7. The normalized spacial score (nSPS) is 12.9. The van der Waals surface area contributed by atoms with E-state index in [2.05, 4.69) is 5.48 Å². The van der Waals surface area contributed by atoms with Gasteiger partial charge in [-0.25, -0.2) is 5.48 Å². The molecule has 1 amide bonds. The van der Waals surface area contributed by atoms with Gasteiger partial charge in [0.25, 0.3) is 5.91 Å². The molecule has 2 rings (SSSR count). The van der Waals surface area contributed by atoms with E-state index in [1.165, 1.54) is 0 Å². The molecule has 0 radical (unpaired) electrons. The average molecular weight is 237 g/mol. The summed E-state index contributed by atoms with van der Waals surface area (Å²) < 4.78 is 10.3. The second kappa shape index (κ2) is 5.05. The number of carbonyl (C=O) groups excluding carboxylic acids is 1. The van der Waals surface area contributed by atoms with E-state index in [1.807, 2.05) is 13.8 Å². The number of hydroxylamine groups is 1. The van der Waals surface area contributed by atoms with E-state index in [1.54, 1.807) is 18.2 Å². The van der Waals surface area contributed by atoms with Gasteiger partial charge in [-0.3, -0.25) is 9.63 Å². The van der Waals surface area contributed by atoms with E-state index in [4.69, 9.17) is 14.3 Å². The summed E-state index contributed by atoms with van der Waals surface area (Å²) in [5.41, 5.74) is 2.87. The summed E-state index contributed by atoms with van der Waals surface area (Å²) in [4.78, 5) is 16.8. The van der Waals surface area contributed by atoms with E-state index in [9.17, 15) is 4.79 Å². The van der Waals surface area contributed by atoms with Gasteiger partial charge in [-0.1, -0.05) is 13.8 Å². The Hall–Kier alpha value is -1.75. The van der Waals surface area contributed by atoms with Gasteiger partial charge in [-0.2, -0.15) is 0 Å². The number of benzene rings is 1. The highest BCUT2D eigenvalue weighted by molar-refractivity contribution is 5.94. The summed E-state index contributed by atoms with van der Waals surface area (Å²) in [7, 11) is 0. The first-order valence-electron chi connectivity index (χ1n) is 5.48. The fourth-order valence-electron chi connectivity index (χ4n) is 1.37. The first kappa shape index (κ1) is 11.7. The summed E-state index contributed by atoms with van der Waals surface area (Å²) in [5.74, 6) is 1.32. The molecule has 5 nitrogen and oxygen atoms in total. The lowest BCUT2D eigenvalue weighted by molar-refractivity contribution is 0.0208. The van der Waals surface area contributed by atoms with Crippen LogP contribution < -0.4 is 15.0 Å². The molecule has 0 aromatic heterocycles. The number of nitrogens with one attached hydrogen (secondary N) is 1. The predicted octanol–water partition coefficient (Wildman–Crippen LogP) is 1.73. The monoisotopic (exact) mass is 237 g/mol. The summed E-state index contributed by atoms with van der Waals surface area (Å²) in [6.07, 6.45) is 0. The molecule has 0 saturated heterocycles. The Morgan fingerprint density at radius 1 is 1.41 bits per heavy atom. The SMILES string of the molecule is CC(C)CONC(=O)c1ccc2c(c1)OCO2. The minimum Gasteiger partial charge on any atom is -0.454 e. The van der Waals surface area contributed by atoms with Gasteiger partial charge in [0, 0.05) is 5.56 Å². The van der Waals surface area contributed by atoms with Gasteiger partial charge < -0.3 is 9.47 Å². The molecule has 1 aliphatic rings. The average Bonchev–Trinajstić information content (AvgIpc) is 2.75. The highest BCUT2D eigenvalue weighted by Gasteiger charge is 2.16. The van der Waals surface area contributed by atoms with Crippen molar-refractivity contribution in [2.24, 2.45) is 5.92 Å². The van der Waals surface area contributed by atoms with Crippen molar-refractivity contribution < 1.29 is 19.1 Å². The van der Waals surface area contributed by atoms with Crippen LogP contribution in [0.2, 0.25) is 0 Å². The van der Waals surface area contributed by atoms with E-state index >= 15 is 0 Å². The molecule has 0 aliphatic carbocycles. The van der Waals surface area contributed by atoms with Crippen molar-refractivity contribution in [3.8, 4) is 11.5 Å². The molecule has 0 saturated carbocycles. The molecule has 1 N–H and O–H groups in total. The van der Waals surface area contributed by atoms with E-state index < -0.39 is 0 Å². The van der Waals surface area contributed by atoms with Crippen molar-refractivity contribution in [3.63, 3.8) is 0 Å². The second-order valence-electron chi connectivity index (χ2n) is 4.20. The zero-order valence-electron chi connectivity index (χ0n) is 9.86. The van der Waals surface area contributed by atoms with E-state index in [0.717, 1.165) is 0 Å². The first-order valence-corrected chi connectivity index (χ1v) is 5.48. The van der Waals surface area contributed by atoms with Gasteiger partial charge in [0.1, 0.15) is 0 Å². The van der Waals surface area contributed by atoms with Gasteiger partial charge in [-0.15, -0.1) is 0 Å². The highest BCUT2D eigenvalue weighted by Crippen LogP contribution is 2.32. The summed E-state index contributed by atoms with van der Waals surface area (Å²) >= 11 is 0. The summed E-state index contributed by atoms with van der Waals surface area (Å²) in [6, 6.07) is 5.01. The van der Waals surface area contributed by atoms with Crippen molar-refractivity contribution in [2.75, 3.05) is 13.4 Å². The highest BCUT2D eigenvalue weighted by atomic mass is 16.7. The third kappa shape index (κ3) is 2.88. The van der Waals surface area contributed by atoms with Crippen molar-refractivity contribution >= 4 is 5.91 Å². The Balaban J connectivity index is 1.95. The number of amides is 1. The fraction of sp³-hybridized carbons (Fsp3) is 0.417. The largest absolute Gasteiger partial charge is 0.454 e. The molecule has 0 unspecified atom stereocenters. The molecule has 1 heterocycles. The molecule has 1 aromatic rings. The van der Waals surface area contributed by atoms with Crippen LogP contribution in [0, 0.1) is 5.92 Å². The number of carbonyl (C=O) groups is 1. The van der Waals surface area contributed by atoms with Gasteiger partial charge in [0.2, 0.25) is 6.79 Å². The number of rotatable bonds is 4. The predicted molar refractivity (Wildman–Crippen MR) is 60.8 cm³/mol. The van der Waals surface area contributed by atoms with Gasteiger partial charge in [0.15, 0.2) is 11.5 Å². The van der Waals surface area contributed by atoms with Crippen LogP contribution in [-0.2, 0) is 4.84 Å². The minimum atomic E-state index is -0.288. The lowest BCUT2D eigenvalue weighted by Crippen LogP contribution is -2.25. The van der Waals surface area contributed by atoms with Crippen molar-refractivity contribution in [1.29, 1.82) is 0 Å². The maximum Gasteiger partial charge on any atom is 0.274 e. The molecule has 0 fully saturated rings. The van der Waals surface area contributed by atoms with Crippen LogP contribution in [0.15, 0.2) is 18.2 Å². The molecule has 1 aromatic carbocycles. The number of ether oxygens (including phenoxy) is 2. The Kier molecular flexibility index (Phi) is 3.49. The lowest BCUT2D eigenvalue weighted by atomic mass is 10.2. The Morgan fingerprint density at radius 3 is 2.94 bits per heavy atom. The summed E-state index contributed by atoms with van der Waals surface area (Å²) in [5, 5.41) is 0. The van der Waals surface area contributed by atoms with Crippen molar-refractivity contribution in [1.82, 2.24) is 5.48 Å². The molecular weight excluding hydrogens is 222 g/mol. The van der Waals surface area contributed by atoms with Crippen molar-refractivity contribution in [3.05, 3.63) is 23.8 Å². The van der Waals surface area contributed by atoms with E-state index in [-0.39, 0.29) is 12.7 Å². The maximum atomic E-state index is 11.7. The zero-order valence-corrected chi connectivity index (χ0v) is 9.86. The first-order chi connectivity index (χ1) is 8.16. The quantitative estimate of drug-likeness (QED) is 0.810. The topological polar surface area (TPSA) is 56.8 Å². The molecule has 1 aliphatic heterocycles. The van der Waals surface area contributed by atoms with Crippen LogP contribution >= 0.6 is 0 Å². The number of hydrogen-bond donors (Lipinski definition) is 1. The van der Waals surface area contributed by atoms with E-state index in [0.29, 0.717) is 29.6 Å². The van der Waals surface area contributed by atoms with Crippen LogP contribution in [0.4, 0.5) is 0 Å². The molecule has 0 bridgehead atoms. The van der Waals surface area contributed by atoms with Crippen molar-refractivity contribution in [2.45, 2.75) is 13.8 Å². The third-order valence-electron chi connectivity index (χ3n) is 2.22. The fourth-order valence-corrected chi connectivity index (χ4v) is 1.37. The van der Waals surface area contributed by atoms with Crippen LogP contribution in [0.1, 0.15) is 24.2 Å². The molecule has 0 atom stereocenters. The molecule has 17 heavy (non-hydrogen) atoms. The zero-order chi connectivity index (χ0) is 12.3. The van der Waals surface area contributed by atoms with Gasteiger partial charge in [0.05, 0.1) is 6.61 Å². The number of hydrogen-bond acceptors (Lipinski definition) is 4.